The number of morpholine rings is 1. The molecule has 0 spiro atoms. The second-order valence-corrected chi connectivity index (χ2v) is 2.59. The van der Waals surface area contributed by atoms with Gasteiger partial charge in [0.25, 0.3) is 0 Å². The molecule has 1 saturated heterocycles. The first-order valence-electron chi connectivity index (χ1n) is 3.82. The first-order chi connectivity index (χ1) is 6.16. The highest BCUT2D eigenvalue weighted by Gasteiger charge is 2.33. The highest BCUT2D eigenvalue weighted by atomic mass is 16.5. The minimum atomic E-state index is -1.08. The van der Waals surface area contributed by atoms with Crippen molar-refractivity contribution in [2.75, 3.05) is 26.9 Å². The first-order valence-corrected chi connectivity index (χ1v) is 3.82. The third-order valence-corrected chi connectivity index (χ3v) is 1.82. The maximum Gasteiger partial charge on any atom is 0.410 e. The Balaban J connectivity index is 2.67. The topological polar surface area (TPSA) is 76.1 Å². The highest BCUT2D eigenvalue weighted by molar-refractivity contribution is 5.80. The number of carboxylic acids is 1. The molecule has 1 heterocycles. The fourth-order valence-corrected chi connectivity index (χ4v) is 1.14. The second kappa shape index (κ2) is 4.08. The number of carboxylic acid groups (broad SMARTS) is 1. The number of amides is 1. The van der Waals surface area contributed by atoms with Crippen LogP contribution in [0.5, 0.6) is 0 Å². The maximum absolute atomic E-state index is 11.1. The van der Waals surface area contributed by atoms with E-state index in [4.69, 9.17) is 9.84 Å². The molecule has 0 aromatic carbocycles. The van der Waals surface area contributed by atoms with Crippen LogP contribution < -0.4 is 0 Å². The number of hydrogen-bond acceptors (Lipinski definition) is 4. The van der Waals surface area contributed by atoms with Gasteiger partial charge in [0.1, 0.15) is 0 Å². The van der Waals surface area contributed by atoms with Crippen molar-refractivity contribution in [1.82, 2.24) is 4.90 Å². The summed E-state index contributed by atoms with van der Waals surface area (Å²) >= 11 is 0. The predicted octanol–water partition coefficient (Wildman–Crippen LogP) is -0.462. The van der Waals surface area contributed by atoms with E-state index in [0.717, 1.165) is 4.90 Å². The SMILES string of the molecule is COC(=O)N1CCOC[C@H]1C(=O)O. The molecule has 1 rings (SSSR count). The largest absolute Gasteiger partial charge is 0.480 e. The van der Waals surface area contributed by atoms with Gasteiger partial charge in [-0.15, -0.1) is 0 Å². The molecule has 0 unspecified atom stereocenters. The average Bonchev–Trinajstić information content (AvgIpc) is 2.16. The summed E-state index contributed by atoms with van der Waals surface area (Å²) in [5.41, 5.74) is 0. The van der Waals surface area contributed by atoms with Crippen molar-refractivity contribution in [3.05, 3.63) is 0 Å². The van der Waals surface area contributed by atoms with Gasteiger partial charge >= 0.3 is 12.1 Å². The Morgan fingerprint density at radius 1 is 1.62 bits per heavy atom. The molecule has 1 aliphatic rings. The standard InChI is InChI=1S/C7H11NO5/c1-12-7(11)8-2-3-13-4-5(8)6(9)10/h5H,2-4H2,1H3,(H,9,10)/t5-/m0/s1. The molecule has 0 aromatic heterocycles. The minimum absolute atomic E-state index is 0.0183. The molecule has 1 amide bonds. The molecular formula is C7H11NO5. The van der Waals surface area contributed by atoms with Crippen molar-refractivity contribution in [2.24, 2.45) is 0 Å². The van der Waals surface area contributed by atoms with Crippen molar-refractivity contribution in [3.8, 4) is 0 Å². The number of nitrogens with zero attached hydrogens (tertiary/aromatic N) is 1. The van der Waals surface area contributed by atoms with Gasteiger partial charge in [-0.2, -0.15) is 0 Å². The number of carbonyl (C=O) groups is 2. The number of hydrogen-bond donors (Lipinski definition) is 1. The molecule has 1 atom stereocenters. The molecule has 6 nitrogen and oxygen atoms in total. The van der Waals surface area contributed by atoms with Gasteiger partial charge in [0.15, 0.2) is 6.04 Å². The van der Waals surface area contributed by atoms with E-state index < -0.39 is 18.1 Å². The van der Waals surface area contributed by atoms with Crippen LogP contribution in [0.25, 0.3) is 0 Å². The molecule has 0 saturated carbocycles. The Bertz CT molecular complexity index is 217. The van der Waals surface area contributed by atoms with Crippen molar-refractivity contribution in [2.45, 2.75) is 6.04 Å². The Morgan fingerprint density at radius 2 is 2.31 bits per heavy atom. The quantitative estimate of drug-likeness (QED) is 0.604. The van der Waals surface area contributed by atoms with E-state index in [-0.39, 0.29) is 13.2 Å². The molecule has 6 heteroatoms. The highest BCUT2D eigenvalue weighted by Crippen LogP contribution is 2.08. The Morgan fingerprint density at radius 3 is 2.85 bits per heavy atom. The monoisotopic (exact) mass is 189 g/mol. The fraction of sp³-hybridized carbons (Fsp3) is 0.714. The van der Waals surface area contributed by atoms with Crippen LogP contribution in [0.4, 0.5) is 4.79 Å². The number of rotatable bonds is 1. The summed E-state index contributed by atoms with van der Waals surface area (Å²) in [4.78, 5) is 22.9. The smallest absolute Gasteiger partial charge is 0.410 e. The first kappa shape index (κ1) is 9.79. The van der Waals surface area contributed by atoms with Gasteiger partial charge in [-0.1, -0.05) is 0 Å². The summed E-state index contributed by atoms with van der Waals surface area (Å²) in [5.74, 6) is -1.08. The van der Waals surface area contributed by atoms with Crippen molar-refractivity contribution in [1.29, 1.82) is 0 Å². The lowest BCUT2D eigenvalue weighted by molar-refractivity contribution is -0.148. The van der Waals surface area contributed by atoms with E-state index >= 15 is 0 Å². The molecule has 1 fully saturated rings. The van der Waals surface area contributed by atoms with E-state index in [9.17, 15) is 9.59 Å². The normalized spacial score (nSPS) is 22.5. The van der Waals surface area contributed by atoms with E-state index in [2.05, 4.69) is 4.74 Å². The summed E-state index contributed by atoms with van der Waals surface area (Å²) in [6.45, 7) is 0.618. The van der Waals surface area contributed by atoms with Gasteiger partial charge in [0.2, 0.25) is 0 Å². The molecule has 1 N–H and O–H groups in total. The van der Waals surface area contributed by atoms with Crippen molar-refractivity contribution < 1.29 is 24.2 Å². The lowest BCUT2D eigenvalue weighted by atomic mass is 10.2. The Labute approximate surface area is 75.0 Å². The van der Waals surface area contributed by atoms with Crippen LogP contribution in [-0.4, -0.2) is 55.0 Å². The van der Waals surface area contributed by atoms with Gasteiger partial charge in [0, 0.05) is 6.54 Å². The van der Waals surface area contributed by atoms with Gasteiger partial charge in [-0.25, -0.2) is 9.59 Å². The summed E-state index contributed by atoms with van der Waals surface area (Å²) in [7, 11) is 1.22. The minimum Gasteiger partial charge on any atom is -0.480 e. The van der Waals surface area contributed by atoms with E-state index in [1.807, 2.05) is 0 Å². The lowest BCUT2D eigenvalue weighted by Crippen LogP contribution is -2.52. The summed E-state index contributed by atoms with van der Waals surface area (Å²) in [6, 6.07) is -0.929. The number of ether oxygens (including phenoxy) is 2. The van der Waals surface area contributed by atoms with Gasteiger partial charge in [-0.05, 0) is 0 Å². The van der Waals surface area contributed by atoms with Crippen LogP contribution >= 0.6 is 0 Å². The third kappa shape index (κ3) is 2.09. The Hall–Kier alpha value is -1.30. The fourth-order valence-electron chi connectivity index (χ4n) is 1.14. The second-order valence-electron chi connectivity index (χ2n) is 2.59. The molecule has 0 radical (unpaired) electrons. The average molecular weight is 189 g/mol. The molecule has 74 valence electrons. The van der Waals surface area contributed by atoms with E-state index in [0.29, 0.717) is 6.61 Å². The van der Waals surface area contributed by atoms with Crippen LogP contribution in [0.3, 0.4) is 0 Å². The van der Waals surface area contributed by atoms with Crippen LogP contribution in [0.15, 0.2) is 0 Å². The number of methoxy groups -OCH3 is 1. The van der Waals surface area contributed by atoms with Gasteiger partial charge in [0.05, 0.1) is 20.3 Å². The molecule has 1 aliphatic heterocycles. The van der Waals surface area contributed by atoms with Crippen molar-refractivity contribution >= 4 is 12.1 Å². The zero-order valence-corrected chi connectivity index (χ0v) is 7.23. The van der Waals surface area contributed by atoms with Crippen LogP contribution in [0.1, 0.15) is 0 Å². The molecule has 13 heavy (non-hydrogen) atoms. The number of carbonyl (C=O) groups excluding carboxylic acids is 1. The summed E-state index contributed by atoms with van der Waals surface area (Å²) in [5, 5.41) is 8.72. The molecule has 0 aromatic rings. The summed E-state index contributed by atoms with van der Waals surface area (Å²) in [6.07, 6.45) is -0.629. The summed E-state index contributed by atoms with van der Waals surface area (Å²) < 4.78 is 9.38. The van der Waals surface area contributed by atoms with E-state index in [1.54, 1.807) is 0 Å². The van der Waals surface area contributed by atoms with Gasteiger partial charge in [-0.3, -0.25) is 4.90 Å². The van der Waals surface area contributed by atoms with E-state index in [1.165, 1.54) is 7.11 Å². The predicted molar refractivity (Wildman–Crippen MR) is 41.4 cm³/mol. The molecule has 0 aliphatic carbocycles. The van der Waals surface area contributed by atoms with Crippen molar-refractivity contribution in [3.63, 3.8) is 0 Å². The maximum atomic E-state index is 11.1. The van der Waals surface area contributed by atoms with Crippen LogP contribution in [0, 0.1) is 0 Å². The molecule has 0 bridgehead atoms. The van der Waals surface area contributed by atoms with Crippen LogP contribution in [0.2, 0.25) is 0 Å². The zero-order chi connectivity index (χ0) is 9.84. The Kier molecular flexibility index (Phi) is 3.07. The lowest BCUT2D eigenvalue weighted by Gasteiger charge is -2.31. The number of aliphatic carboxylic acids is 1. The molecular weight excluding hydrogens is 178 g/mol. The zero-order valence-electron chi connectivity index (χ0n) is 7.23. The third-order valence-electron chi connectivity index (χ3n) is 1.82. The van der Waals surface area contributed by atoms with Gasteiger partial charge < -0.3 is 14.6 Å². The van der Waals surface area contributed by atoms with Crippen LogP contribution in [-0.2, 0) is 14.3 Å².